The van der Waals surface area contributed by atoms with Gasteiger partial charge in [0, 0.05) is 11.2 Å². The van der Waals surface area contributed by atoms with Crippen LogP contribution in [0.5, 0.6) is 0 Å². The predicted molar refractivity (Wildman–Crippen MR) is 82.7 cm³/mol. The minimum atomic E-state index is -0.360. The summed E-state index contributed by atoms with van der Waals surface area (Å²) in [6.45, 7) is 0.742. The number of amides is 1. The van der Waals surface area contributed by atoms with Crippen LogP contribution in [0.2, 0.25) is 5.02 Å². The quantitative estimate of drug-likeness (QED) is 0.819. The molecule has 4 heteroatoms. The highest BCUT2D eigenvalue weighted by Crippen LogP contribution is 2.20. The van der Waals surface area contributed by atoms with E-state index in [9.17, 15) is 4.79 Å². The van der Waals surface area contributed by atoms with Crippen LogP contribution >= 0.6 is 11.6 Å². The van der Waals surface area contributed by atoms with Gasteiger partial charge in [0.15, 0.2) is 0 Å². The summed E-state index contributed by atoms with van der Waals surface area (Å²) in [6, 6.07) is 15.3. The number of nitrogens with zero attached hydrogens (tertiary/aromatic N) is 1. The lowest BCUT2D eigenvalue weighted by Gasteiger charge is -2.22. The highest BCUT2D eigenvalue weighted by Gasteiger charge is 2.17. The van der Waals surface area contributed by atoms with Crippen molar-refractivity contribution in [3.8, 4) is 0 Å². The van der Waals surface area contributed by atoms with Gasteiger partial charge in [-0.1, -0.05) is 48.0 Å². The summed E-state index contributed by atoms with van der Waals surface area (Å²) in [4.78, 5) is 13.6. The molecule has 21 heavy (non-hydrogen) atoms. The average Bonchev–Trinajstić information content (AvgIpc) is 2.52. The fourth-order valence-electron chi connectivity index (χ4n) is 2.23. The largest absolute Gasteiger partial charge is 0.444 e. The van der Waals surface area contributed by atoms with Gasteiger partial charge in [0.2, 0.25) is 0 Å². The first-order valence-electron chi connectivity index (χ1n) is 6.66. The molecule has 2 aromatic rings. The lowest BCUT2D eigenvalue weighted by Crippen LogP contribution is -2.27. The average molecular weight is 300 g/mol. The molecule has 0 unspecified atom stereocenters. The second-order valence-electron chi connectivity index (χ2n) is 4.83. The van der Waals surface area contributed by atoms with Gasteiger partial charge >= 0.3 is 6.09 Å². The normalized spacial score (nSPS) is 12.9. The smallest absolute Gasteiger partial charge is 0.414 e. The van der Waals surface area contributed by atoms with Crippen molar-refractivity contribution in [3.63, 3.8) is 0 Å². The molecular formula is C17H14ClNO2. The fourth-order valence-corrected chi connectivity index (χ4v) is 2.44. The van der Waals surface area contributed by atoms with Crippen LogP contribution < -0.4 is 0 Å². The lowest BCUT2D eigenvalue weighted by molar-refractivity contribution is 0.108. The van der Waals surface area contributed by atoms with Crippen LogP contribution in [0.1, 0.15) is 16.7 Å². The van der Waals surface area contributed by atoms with Crippen LogP contribution in [0, 0.1) is 0 Å². The highest BCUT2D eigenvalue weighted by molar-refractivity contribution is 6.30. The first-order valence-corrected chi connectivity index (χ1v) is 7.04. The number of hydrogen-bond donors (Lipinski definition) is 0. The number of rotatable bonds is 2. The maximum atomic E-state index is 12.1. The summed E-state index contributed by atoms with van der Waals surface area (Å²) in [5.41, 5.74) is 3.12. The predicted octanol–water partition coefficient (Wildman–Crippen LogP) is 4.46. The minimum absolute atomic E-state index is 0.214. The number of fused-ring (bicyclic) bond motifs is 1. The minimum Gasteiger partial charge on any atom is -0.444 e. The number of carbonyl (C=O) groups excluding carboxylic acids is 1. The molecular weight excluding hydrogens is 286 g/mol. The Hall–Kier alpha value is -2.26. The van der Waals surface area contributed by atoms with Gasteiger partial charge < -0.3 is 4.74 Å². The molecule has 3 rings (SSSR count). The monoisotopic (exact) mass is 299 g/mol. The summed E-state index contributed by atoms with van der Waals surface area (Å²) in [7, 11) is 0. The lowest BCUT2D eigenvalue weighted by atomic mass is 10.1. The number of halogens is 1. The fraction of sp³-hybridized carbons (Fsp3) is 0.118. The van der Waals surface area contributed by atoms with E-state index in [1.54, 1.807) is 23.2 Å². The molecule has 0 spiro atoms. The van der Waals surface area contributed by atoms with Crippen LogP contribution in [0.15, 0.2) is 54.7 Å². The Morgan fingerprint density at radius 2 is 2.05 bits per heavy atom. The molecule has 0 N–H and O–H groups in total. The molecule has 1 aliphatic heterocycles. The zero-order valence-corrected chi connectivity index (χ0v) is 12.1. The number of benzene rings is 2. The van der Waals surface area contributed by atoms with Gasteiger partial charge in [-0.15, -0.1) is 0 Å². The van der Waals surface area contributed by atoms with E-state index < -0.39 is 0 Å². The van der Waals surface area contributed by atoms with Crippen LogP contribution in [0.4, 0.5) is 4.79 Å². The standard InChI is InChI=1S/C17H14ClNO2/c18-16-7-3-4-13(10-16)12-21-17(20)19-9-8-14-5-1-2-6-15(14)11-19/h1-10H,11-12H2. The van der Waals surface area contributed by atoms with Crippen molar-refractivity contribution in [2.45, 2.75) is 13.2 Å². The summed E-state index contributed by atoms with van der Waals surface area (Å²) < 4.78 is 5.31. The number of ether oxygens (including phenoxy) is 1. The van der Waals surface area contributed by atoms with Crippen molar-refractivity contribution in [2.75, 3.05) is 0 Å². The molecule has 1 amide bonds. The molecule has 0 saturated carbocycles. The van der Waals surface area contributed by atoms with E-state index in [0.29, 0.717) is 11.6 Å². The summed E-state index contributed by atoms with van der Waals surface area (Å²) in [5, 5.41) is 0.635. The molecule has 1 heterocycles. The van der Waals surface area contributed by atoms with Gasteiger partial charge in [0.05, 0.1) is 6.54 Å². The Kier molecular flexibility index (Phi) is 3.93. The maximum absolute atomic E-state index is 12.1. The Balaban J connectivity index is 1.62. The van der Waals surface area contributed by atoms with Crippen molar-refractivity contribution >= 4 is 23.8 Å². The third-order valence-corrected chi connectivity index (χ3v) is 3.55. The van der Waals surface area contributed by atoms with Crippen molar-refractivity contribution in [1.82, 2.24) is 4.90 Å². The molecule has 0 aromatic heterocycles. The van der Waals surface area contributed by atoms with Crippen molar-refractivity contribution < 1.29 is 9.53 Å². The zero-order chi connectivity index (χ0) is 14.7. The van der Waals surface area contributed by atoms with E-state index in [1.807, 2.05) is 42.5 Å². The first-order chi connectivity index (χ1) is 10.2. The van der Waals surface area contributed by atoms with Crippen molar-refractivity contribution in [1.29, 1.82) is 0 Å². The van der Waals surface area contributed by atoms with E-state index in [4.69, 9.17) is 16.3 Å². The van der Waals surface area contributed by atoms with Crippen LogP contribution in [0.25, 0.3) is 6.08 Å². The molecule has 0 bridgehead atoms. The third kappa shape index (κ3) is 3.26. The van der Waals surface area contributed by atoms with Crippen molar-refractivity contribution in [2.24, 2.45) is 0 Å². The van der Waals surface area contributed by atoms with E-state index in [0.717, 1.165) is 16.7 Å². The molecule has 0 saturated heterocycles. The second kappa shape index (κ2) is 6.02. The summed E-state index contributed by atoms with van der Waals surface area (Å²) >= 11 is 5.90. The van der Waals surface area contributed by atoms with Crippen molar-refractivity contribution in [3.05, 3.63) is 76.4 Å². The van der Waals surface area contributed by atoms with Gasteiger partial charge in [0.1, 0.15) is 6.61 Å². The maximum Gasteiger partial charge on any atom is 0.414 e. The molecule has 106 valence electrons. The molecule has 0 radical (unpaired) electrons. The molecule has 3 nitrogen and oxygen atoms in total. The van der Waals surface area contributed by atoms with Gasteiger partial charge in [-0.2, -0.15) is 0 Å². The number of carbonyl (C=O) groups is 1. The molecule has 0 atom stereocenters. The highest BCUT2D eigenvalue weighted by atomic mass is 35.5. The Morgan fingerprint density at radius 1 is 1.19 bits per heavy atom. The third-order valence-electron chi connectivity index (χ3n) is 3.32. The van der Waals surface area contributed by atoms with Crippen LogP contribution in [-0.4, -0.2) is 11.0 Å². The molecule has 0 aliphatic carbocycles. The Labute approximate surface area is 128 Å². The molecule has 1 aliphatic rings. The van der Waals surface area contributed by atoms with Crippen LogP contribution in [-0.2, 0) is 17.9 Å². The molecule has 2 aromatic carbocycles. The molecule has 0 fully saturated rings. The zero-order valence-electron chi connectivity index (χ0n) is 11.3. The van der Waals surface area contributed by atoms with Gasteiger partial charge in [0.25, 0.3) is 0 Å². The van der Waals surface area contributed by atoms with Gasteiger partial charge in [-0.25, -0.2) is 4.79 Å². The second-order valence-corrected chi connectivity index (χ2v) is 5.26. The van der Waals surface area contributed by atoms with Crippen LogP contribution in [0.3, 0.4) is 0 Å². The van der Waals surface area contributed by atoms with E-state index in [-0.39, 0.29) is 12.7 Å². The summed E-state index contributed by atoms with van der Waals surface area (Å²) in [6.07, 6.45) is 3.31. The number of hydrogen-bond acceptors (Lipinski definition) is 2. The van der Waals surface area contributed by atoms with E-state index in [2.05, 4.69) is 0 Å². The van der Waals surface area contributed by atoms with E-state index >= 15 is 0 Å². The Morgan fingerprint density at radius 3 is 2.90 bits per heavy atom. The SMILES string of the molecule is O=C(OCc1cccc(Cl)c1)N1C=Cc2ccccc2C1. The topological polar surface area (TPSA) is 29.5 Å². The first kappa shape index (κ1) is 13.7. The Bertz CT molecular complexity index is 697. The van der Waals surface area contributed by atoms with E-state index in [1.165, 1.54) is 0 Å². The summed E-state index contributed by atoms with van der Waals surface area (Å²) in [5.74, 6) is 0. The van der Waals surface area contributed by atoms with Gasteiger partial charge in [-0.3, -0.25) is 4.90 Å². The van der Waals surface area contributed by atoms with Gasteiger partial charge in [-0.05, 0) is 34.9 Å².